The van der Waals surface area contributed by atoms with Crippen LogP contribution in [0.4, 0.5) is 5.69 Å². The average Bonchev–Trinajstić information content (AvgIpc) is 2.62. The quantitative estimate of drug-likeness (QED) is 0.808. The fourth-order valence-corrected chi connectivity index (χ4v) is 2.55. The average molecular weight is 341 g/mol. The van der Waals surface area contributed by atoms with Gasteiger partial charge in [0.1, 0.15) is 0 Å². The maximum Gasteiger partial charge on any atom is 0.248 e. The Morgan fingerprint density at radius 1 is 0.960 bits per heavy atom. The minimum absolute atomic E-state index is 0.203. The highest BCUT2D eigenvalue weighted by atomic mass is 16.5. The summed E-state index contributed by atoms with van der Waals surface area (Å²) in [6, 6.07) is 9.46. The number of carbonyl (C=O) groups excluding carboxylic acids is 1. The monoisotopic (exact) mass is 341 g/mol. The highest BCUT2D eigenvalue weighted by molar-refractivity contribution is 6.02. The number of hydrogen-bond acceptors (Lipinski definition) is 4. The SMILES string of the molecule is COc1cc(C=CC(=O)Nc2c(C)cccc2C)cc(OC)c1OC. The normalized spacial score (nSPS) is 10.6. The third kappa shape index (κ3) is 4.32. The van der Waals surface area contributed by atoms with Gasteiger partial charge in [-0.25, -0.2) is 0 Å². The minimum Gasteiger partial charge on any atom is -0.493 e. The van der Waals surface area contributed by atoms with Crippen LogP contribution in [0.1, 0.15) is 16.7 Å². The van der Waals surface area contributed by atoms with Gasteiger partial charge in [0.25, 0.3) is 0 Å². The Morgan fingerprint density at radius 2 is 1.52 bits per heavy atom. The number of rotatable bonds is 6. The molecule has 0 aromatic heterocycles. The van der Waals surface area contributed by atoms with Crippen LogP contribution >= 0.6 is 0 Å². The molecule has 0 saturated carbocycles. The first-order valence-electron chi connectivity index (χ1n) is 7.85. The van der Waals surface area contributed by atoms with Gasteiger partial charge in [0.15, 0.2) is 11.5 Å². The molecule has 1 N–H and O–H groups in total. The van der Waals surface area contributed by atoms with Crippen molar-refractivity contribution >= 4 is 17.7 Å². The van der Waals surface area contributed by atoms with E-state index in [4.69, 9.17) is 14.2 Å². The fraction of sp³-hybridized carbons (Fsp3) is 0.250. The summed E-state index contributed by atoms with van der Waals surface area (Å²) in [4.78, 5) is 12.2. The lowest BCUT2D eigenvalue weighted by Gasteiger charge is -2.13. The predicted octanol–water partition coefficient (Wildman–Crippen LogP) is 3.98. The molecule has 0 unspecified atom stereocenters. The van der Waals surface area contributed by atoms with Crippen molar-refractivity contribution in [1.29, 1.82) is 0 Å². The van der Waals surface area contributed by atoms with Crippen LogP contribution in [0.15, 0.2) is 36.4 Å². The number of nitrogens with one attached hydrogen (secondary N) is 1. The summed E-state index contributed by atoms with van der Waals surface area (Å²) in [5.74, 6) is 1.39. The summed E-state index contributed by atoms with van der Waals surface area (Å²) in [6.07, 6.45) is 3.18. The topological polar surface area (TPSA) is 56.8 Å². The zero-order valence-electron chi connectivity index (χ0n) is 15.2. The van der Waals surface area contributed by atoms with E-state index < -0.39 is 0 Å². The Labute approximate surface area is 148 Å². The van der Waals surface area contributed by atoms with E-state index in [2.05, 4.69) is 5.32 Å². The van der Waals surface area contributed by atoms with Crippen molar-refractivity contribution in [3.63, 3.8) is 0 Å². The first kappa shape index (κ1) is 18.4. The molecule has 2 rings (SSSR count). The van der Waals surface area contributed by atoms with Crippen LogP contribution < -0.4 is 19.5 Å². The molecule has 0 bridgehead atoms. The van der Waals surface area contributed by atoms with Crippen LogP contribution in [0.2, 0.25) is 0 Å². The molecule has 0 heterocycles. The molecule has 0 atom stereocenters. The maximum atomic E-state index is 12.2. The number of amides is 1. The smallest absolute Gasteiger partial charge is 0.248 e. The van der Waals surface area contributed by atoms with E-state index in [9.17, 15) is 4.79 Å². The Kier molecular flexibility index (Phi) is 6.06. The molecule has 5 heteroatoms. The number of para-hydroxylation sites is 1. The molecule has 2 aromatic rings. The van der Waals surface area contributed by atoms with Gasteiger partial charge in [-0.1, -0.05) is 18.2 Å². The molecule has 2 aromatic carbocycles. The van der Waals surface area contributed by atoms with Crippen molar-refractivity contribution in [1.82, 2.24) is 0 Å². The summed E-state index contributed by atoms with van der Waals surface area (Å²) in [5, 5.41) is 2.92. The largest absolute Gasteiger partial charge is 0.493 e. The lowest BCUT2D eigenvalue weighted by Crippen LogP contribution is -2.10. The van der Waals surface area contributed by atoms with Crippen LogP contribution in [0.5, 0.6) is 17.2 Å². The van der Waals surface area contributed by atoms with Gasteiger partial charge in [0.05, 0.1) is 21.3 Å². The number of carbonyl (C=O) groups is 1. The van der Waals surface area contributed by atoms with E-state index in [-0.39, 0.29) is 5.91 Å². The Balaban J connectivity index is 2.22. The van der Waals surface area contributed by atoms with Gasteiger partial charge >= 0.3 is 0 Å². The van der Waals surface area contributed by atoms with Gasteiger partial charge in [0.2, 0.25) is 11.7 Å². The Bertz CT molecular complexity index is 751. The summed E-state index contributed by atoms with van der Waals surface area (Å²) < 4.78 is 15.9. The summed E-state index contributed by atoms with van der Waals surface area (Å²) in [6.45, 7) is 3.93. The molecule has 0 radical (unpaired) electrons. The van der Waals surface area contributed by atoms with Crippen LogP contribution in [0.25, 0.3) is 6.08 Å². The number of methoxy groups -OCH3 is 3. The van der Waals surface area contributed by atoms with Crippen LogP contribution in [0, 0.1) is 13.8 Å². The van der Waals surface area contributed by atoms with Gasteiger partial charge in [0, 0.05) is 11.8 Å². The molecule has 132 valence electrons. The van der Waals surface area contributed by atoms with Crippen molar-refractivity contribution in [3.05, 3.63) is 53.1 Å². The maximum absolute atomic E-state index is 12.2. The third-order valence-electron chi connectivity index (χ3n) is 3.84. The predicted molar refractivity (Wildman–Crippen MR) is 99.7 cm³/mol. The van der Waals surface area contributed by atoms with Gasteiger partial charge < -0.3 is 19.5 Å². The van der Waals surface area contributed by atoms with Crippen LogP contribution in [0.3, 0.4) is 0 Å². The highest BCUT2D eigenvalue weighted by Gasteiger charge is 2.12. The second kappa shape index (κ2) is 8.24. The van der Waals surface area contributed by atoms with E-state index in [1.165, 1.54) is 6.08 Å². The Morgan fingerprint density at radius 3 is 2.00 bits per heavy atom. The summed E-state index contributed by atoms with van der Waals surface area (Å²) in [7, 11) is 4.66. The van der Waals surface area contributed by atoms with E-state index in [0.717, 1.165) is 22.4 Å². The number of benzene rings is 2. The molecule has 0 aliphatic rings. The van der Waals surface area contributed by atoms with Crippen molar-refractivity contribution in [2.45, 2.75) is 13.8 Å². The molecule has 5 nitrogen and oxygen atoms in total. The highest BCUT2D eigenvalue weighted by Crippen LogP contribution is 2.38. The summed E-state index contributed by atoms with van der Waals surface area (Å²) >= 11 is 0. The lowest BCUT2D eigenvalue weighted by atomic mass is 10.1. The Hall–Kier alpha value is -2.95. The van der Waals surface area contributed by atoms with Gasteiger partial charge in [-0.2, -0.15) is 0 Å². The molecule has 0 aliphatic heterocycles. The van der Waals surface area contributed by atoms with Gasteiger partial charge in [-0.3, -0.25) is 4.79 Å². The molecule has 25 heavy (non-hydrogen) atoms. The lowest BCUT2D eigenvalue weighted by molar-refractivity contribution is -0.111. The van der Waals surface area contributed by atoms with Crippen LogP contribution in [-0.2, 0) is 4.79 Å². The number of aryl methyl sites for hydroxylation is 2. The standard InChI is InChI=1S/C20H23NO4/c1-13-7-6-8-14(2)19(13)21-18(22)10-9-15-11-16(23-3)20(25-5)17(12-15)24-4/h6-12H,1-5H3,(H,21,22). The first-order valence-corrected chi connectivity index (χ1v) is 7.85. The van der Waals surface area contributed by atoms with Crippen molar-refractivity contribution in [2.24, 2.45) is 0 Å². The molecule has 0 spiro atoms. The minimum atomic E-state index is -0.203. The van der Waals surface area contributed by atoms with Gasteiger partial charge in [-0.15, -0.1) is 0 Å². The molecular formula is C20H23NO4. The zero-order valence-corrected chi connectivity index (χ0v) is 15.2. The molecule has 1 amide bonds. The second-order valence-electron chi connectivity index (χ2n) is 5.55. The first-order chi connectivity index (χ1) is 12.0. The number of anilines is 1. The third-order valence-corrected chi connectivity index (χ3v) is 3.84. The van der Waals surface area contributed by atoms with Gasteiger partial charge in [-0.05, 0) is 48.7 Å². The summed E-state index contributed by atoms with van der Waals surface area (Å²) in [5.41, 5.74) is 3.65. The van der Waals surface area contributed by atoms with Crippen molar-refractivity contribution in [2.75, 3.05) is 26.6 Å². The van der Waals surface area contributed by atoms with E-state index in [1.54, 1.807) is 39.5 Å². The molecule has 0 aliphatic carbocycles. The van der Waals surface area contributed by atoms with Crippen LogP contribution in [-0.4, -0.2) is 27.2 Å². The van der Waals surface area contributed by atoms with Crippen molar-refractivity contribution in [3.8, 4) is 17.2 Å². The van der Waals surface area contributed by atoms with E-state index in [0.29, 0.717) is 17.2 Å². The molecule has 0 fully saturated rings. The number of ether oxygens (including phenoxy) is 3. The number of hydrogen-bond donors (Lipinski definition) is 1. The van der Waals surface area contributed by atoms with E-state index >= 15 is 0 Å². The van der Waals surface area contributed by atoms with Crippen molar-refractivity contribution < 1.29 is 19.0 Å². The van der Waals surface area contributed by atoms with E-state index in [1.807, 2.05) is 32.0 Å². The zero-order chi connectivity index (χ0) is 18.4. The molecule has 0 saturated heterocycles. The molecular weight excluding hydrogens is 318 g/mol. The second-order valence-corrected chi connectivity index (χ2v) is 5.55. The fourth-order valence-electron chi connectivity index (χ4n) is 2.55.